The minimum Gasteiger partial charge on any atom is -0.350 e. The van der Waals surface area contributed by atoms with Gasteiger partial charge in [-0.15, -0.1) is 0 Å². The number of nitrogens with two attached hydrogens (primary N) is 1. The Hall–Kier alpha value is -2.65. The summed E-state index contributed by atoms with van der Waals surface area (Å²) in [6.07, 6.45) is 2.93. The van der Waals surface area contributed by atoms with Gasteiger partial charge in [-0.05, 0) is 24.6 Å². The van der Waals surface area contributed by atoms with E-state index in [1.165, 1.54) is 17.3 Å². The number of aromatic nitrogens is 3. The maximum Gasteiger partial charge on any atom is 0.244 e. The summed E-state index contributed by atoms with van der Waals surface area (Å²) in [6, 6.07) is 7.29. The predicted molar refractivity (Wildman–Crippen MR) is 79.0 cm³/mol. The zero-order chi connectivity index (χ0) is 15.1. The zero-order valence-corrected chi connectivity index (χ0v) is 11.8. The van der Waals surface area contributed by atoms with E-state index in [9.17, 15) is 4.79 Å². The summed E-state index contributed by atoms with van der Waals surface area (Å²) in [5, 5.41) is 6.82. The summed E-state index contributed by atoms with van der Waals surface area (Å²) in [5.74, 6) is 5.65. The van der Waals surface area contributed by atoms with Gasteiger partial charge in [-0.2, -0.15) is 5.10 Å². The van der Waals surface area contributed by atoms with Gasteiger partial charge < -0.3 is 11.1 Å². The number of benzene rings is 1. The summed E-state index contributed by atoms with van der Waals surface area (Å²) in [5.41, 5.74) is 7.24. The normalized spacial score (nSPS) is 11.3. The van der Waals surface area contributed by atoms with Crippen LogP contribution in [0.2, 0.25) is 0 Å². The molecular formula is C15H17N5O. The first-order chi connectivity index (χ1) is 10.2. The number of rotatable bonds is 4. The molecule has 21 heavy (non-hydrogen) atoms. The van der Waals surface area contributed by atoms with E-state index in [1.54, 1.807) is 6.92 Å². The van der Waals surface area contributed by atoms with Crippen LogP contribution in [-0.2, 0) is 11.3 Å². The zero-order valence-electron chi connectivity index (χ0n) is 11.8. The number of hydrogen-bond donors (Lipinski definition) is 2. The van der Waals surface area contributed by atoms with Crippen molar-refractivity contribution in [3.8, 4) is 11.8 Å². The number of carbonyl (C=O) groups is 1. The van der Waals surface area contributed by atoms with Gasteiger partial charge in [0.1, 0.15) is 18.7 Å². The second-order valence-corrected chi connectivity index (χ2v) is 4.47. The third-order valence-electron chi connectivity index (χ3n) is 2.97. The molecule has 0 aliphatic carbocycles. The summed E-state index contributed by atoms with van der Waals surface area (Å²) < 4.78 is 1.51. The second kappa shape index (κ2) is 7.22. The Bertz CT molecular complexity index is 637. The van der Waals surface area contributed by atoms with Crippen molar-refractivity contribution in [3.05, 3.63) is 48.0 Å². The van der Waals surface area contributed by atoms with Gasteiger partial charge in [0, 0.05) is 12.1 Å². The highest BCUT2D eigenvalue weighted by atomic mass is 16.2. The molecule has 1 unspecified atom stereocenters. The van der Waals surface area contributed by atoms with E-state index >= 15 is 0 Å². The van der Waals surface area contributed by atoms with Crippen molar-refractivity contribution >= 4 is 5.91 Å². The number of hydrogen-bond acceptors (Lipinski definition) is 4. The molecule has 3 N–H and O–H groups in total. The molecule has 0 spiro atoms. The topological polar surface area (TPSA) is 85.8 Å². The Morgan fingerprint density at radius 2 is 2.19 bits per heavy atom. The lowest BCUT2D eigenvalue weighted by Gasteiger charge is -2.12. The molecule has 1 aromatic carbocycles. The van der Waals surface area contributed by atoms with Crippen LogP contribution in [0.5, 0.6) is 0 Å². The SMILES string of the molecule is CC(C(=O)NCc1ccc(C#CCN)cc1)n1cncn1. The quantitative estimate of drug-likeness (QED) is 0.798. The molecule has 1 heterocycles. The molecule has 1 atom stereocenters. The molecule has 108 valence electrons. The molecule has 0 fully saturated rings. The molecule has 0 radical (unpaired) electrons. The van der Waals surface area contributed by atoms with E-state index < -0.39 is 0 Å². The van der Waals surface area contributed by atoms with Crippen molar-refractivity contribution in [2.24, 2.45) is 5.73 Å². The van der Waals surface area contributed by atoms with Gasteiger partial charge >= 0.3 is 0 Å². The Morgan fingerprint density at radius 1 is 1.43 bits per heavy atom. The lowest BCUT2D eigenvalue weighted by Crippen LogP contribution is -2.30. The molecule has 2 aromatic rings. The maximum absolute atomic E-state index is 12.0. The Balaban J connectivity index is 1.89. The van der Waals surface area contributed by atoms with Gasteiger partial charge in [0.2, 0.25) is 5.91 Å². The van der Waals surface area contributed by atoms with Crippen LogP contribution in [0.25, 0.3) is 0 Å². The van der Waals surface area contributed by atoms with E-state index in [0.29, 0.717) is 13.1 Å². The van der Waals surface area contributed by atoms with Crippen molar-refractivity contribution in [1.29, 1.82) is 0 Å². The first kappa shape index (κ1) is 14.8. The molecule has 6 nitrogen and oxygen atoms in total. The molecule has 6 heteroatoms. The van der Waals surface area contributed by atoms with Crippen LogP contribution in [0.3, 0.4) is 0 Å². The summed E-state index contributed by atoms with van der Waals surface area (Å²) >= 11 is 0. The van der Waals surface area contributed by atoms with Gasteiger partial charge in [-0.1, -0.05) is 24.0 Å². The van der Waals surface area contributed by atoms with Gasteiger partial charge in [0.05, 0.1) is 6.54 Å². The van der Waals surface area contributed by atoms with Crippen molar-refractivity contribution in [3.63, 3.8) is 0 Å². The predicted octanol–water partition coefficient (Wildman–Crippen LogP) is 0.466. The highest BCUT2D eigenvalue weighted by Crippen LogP contribution is 2.05. The molecule has 0 saturated heterocycles. The second-order valence-electron chi connectivity index (χ2n) is 4.47. The summed E-state index contributed by atoms with van der Waals surface area (Å²) in [4.78, 5) is 15.8. The lowest BCUT2D eigenvalue weighted by molar-refractivity contribution is -0.124. The molecule has 0 saturated carbocycles. The molecule has 2 rings (SSSR count). The first-order valence-corrected chi connectivity index (χ1v) is 6.60. The lowest BCUT2D eigenvalue weighted by atomic mass is 10.1. The molecule has 0 aliphatic rings. The van der Waals surface area contributed by atoms with Crippen molar-refractivity contribution < 1.29 is 4.79 Å². The van der Waals surface area contributed by atoms with E-state index in [2.05, 4.69) is 27.2 Å². The molecule has 1 aromatic heterocycles. The number of nitrogens with zero attached hydrogens (tertiary/aromatic N) is 3. The van der Waals surface area contributed by atoms with Crippen LogP contribution >= 0.6 is 0 Å². The molecular weight excluding hydrogens is 266 g/mol. The third kappa shape index (κ3) is 4.16. The third-order valence-corrected chi connectivity index (χ3v) is 2.97. The van der Waals surface area contributed by atoms with Crippen LogP contribution in [0.1, 0.15) is 24.1 Å². The fraction of sp³-hybridized carbons (Fsp3) is 0.267. The first-order valence-electron chi connectivity index (χ1n) is 6.60. The minimum atomic E-state index is -0.387. The van der Waals surface area contributed by atoms with E-state index in [-0.39, 0.29) is 11.9 Å². The van der Waals surface area contributed by atoms with Crippen LogP contribution in [0, 0.1) is 11.8 Å². The Kier molecular flexibility index (Phi) is 5.07. The molecule has 1 amide bonds. The number of carbonyl (C=O) groups excluding carboxylic acids is 1. The van der Waals surface area contributed by atoms with E-state index in [4.69, 9.17) is 5.73 Å². The van der Waals surface area contributed by atoms with Gasteiger partial charge in [-0.25, -0.2) is 9.67 Å². The van der Waals surface area contributed by atoms with Crippen molar-refractivity contribution in [1.82, 2.24) is 20.1 Å². The highest BCUT2D eigenvalue weighted by molar-refractivity contribution is 5.79. The fourth-order valence-corrected chi connectivity index (χ4v) is 1.73. The van der Waals surface area contributed by atoms with E-state index in [0.717, 1.165) is 11.1 Å². The maximum atomic E-state index is 12.0. The number of nitrogens with one attached hydrogen (secondary N) is 1. The summed E-state index contributed by atoms with van der Waals surface area (Å²) in [6.45, 7) is 2.58. The monoisotopic (exact) mass is 283 g/mol. The van der Waals surface area contributed by atoms with Crippen LogP contribution in [0.15, 0.2) is 36.9 Å². The highest BCUT2D eigenvalue weighted by Gasteiger charge is 2.14. The average molecular weight is 283 g/mol. The Labute approximate surface area is 123 Å². The van der Waals surface area contributed by atoms with Gasteiger partial charge in [-0.3, -0.25) is 4.79 Å². The van der Waals surface area contributed by atoms with Crippen LogP contribution < -0.4 is 11.1 Å². The Morgan fingerprint density at radius 3 is 2.81 bits per heavy atom. The smallest absolute Gasteiger partial charge is 0.244 e. The summed E-state index contributed by atoms with van der Waals surface area (Å²) in [7, 11) is 0. The largest absolute Gasteiger partial charge is 0.350 e. The molecule has 0 aliphatic heterocycles. The van der Waals surface area contributed by atoms with Gasteiger partial charge in [0.25, 0.3) is 0 Å². The standard InChI is InChI=1S/C15H17N5O/c1-12(20-11-17-10-19-20)15(21)18-9-14-6-4-13(5-7-14)3-2-8-16/h4-7,10-12H,8-9,16H2,1H3,(H,18,21). The van der Waals surface area contributed by atoms with Gasteiger partial charge in [0.15, 0.2) is 0 Å². The average Bonchev–Trinajstić information content (AvgIpc) is 3.05. The van der Waals surface area contributed by atoms with Crippen LogP contribution in [-0.4, -0.2) is 27.2 Å². The fourth-order valence-electron chi connectivity index (χ4n) is 1.73. The van der Waals surface area contributed by atoms with Crippen LogP contribution in [0.4, 0.5) is 0 Å². The van der Waals surface area contributed by atoms with E-state index in [1.807, 2.05) is 24.3 Å². The van der Waals surface area contributed by atoms with Crippen molar-refractivity contribution in [2.45, 2.75) is 19.5 Å². The molecule has 0 bridgehead atoms. The number of amides is 1. The minimum absolute atomic E-state index is 0.104. The van der Waals surface area contributed by atoms with Crippen molar-refractivity contribution in [2.75, 3.05) is 6.54 Å².